The highest BCUT2D eigenvalue weighted by Crippen LogP contribution is 2.10. The van der Waals surface area contributed by atoms with E-state index in [4.69, 9.17) is 0 Å². The molecular weight excluding hydrogens is 452 g/mol. The first-order valence-electron chi connectivity index (χ1n) is 11.3. The highest BCUT2D eigenvalue weighted by Gasteiger charge is 2.23. The van der Waals surface area contributed by atoms with Crippen LogP contribution in [0.1, 0.15) is 19.8 Å². The lowest BCUT2D eigenvalue weighted by molar-refractivity contribution is -0.144. The Labute approximate surface area is 198 Å². The molecule has 1 unspecified atom stereocenters. The SMILES string of the molecule is CCC(CC(=O)CN1CCN(CC(=O)O)CCN(CC(=O)O)CCN(CC(=O)O)CC1)C(=O)O. The van der Waals surface area contributed by atoms with Crippen molar-refractivity contribution in [2.75, 3.05) is 78.5 Å². The van der Waals surface area contributed by atoms with Gasteiger partial charge in [0.05, 0.1) is 32.1 Å². The van der Waals surface area contributed by atoms with E-state index in [0.717, 1.165) is 0 Å². The number of carbonyl (C=O) groups is 5. The molecular formula is C21H36N4O9. The first-order valence-corrected chi connectivity index (χ1v) is 11.3. The van der Waals surface area contributed by atoms with E-state index in [2.05, 4.69) is 0 Å². The van der Waals surface area contributed by atoms with E-state index in [1.54, 1.807) is 26.5 Å². The Bertz CT molecular complexity index is 686. The van der Waals surface area contributed by atoms with Gasteiger partial charge in [0.15, 0.2) is 0 Å². The molecule has 0 aromatic rings. The molecule has 0 saturated carbocycles. The number of hydrogen-bond acceptors (Lipinski definition) is 9. The van der Waals surface area contributed by atoms with Crippen molar-refractivity contribution in [2.45, 2.75) is 19.8 Å². The number of carboxylic acid groups (broad SMARTS) is 4. The number of nitrogens with zero attached hydrogens (tertiary/aromatic N) is 4. The smallest absolute Gasteiger partial charge is 0.317 e. The zero-order chi connectivity index (χ0) is 25.7. The van der Waals surface area contributed by atoms with Crippen LogP contribution in [0.2, 0.25) is 0 Å². The van der Waals surface area contributed by atoms with Crippen LogP contribution in [-0.2, 0) is 24.0 Å². The van der Waals surface area contributed by atoms with Gasteiger partial charge in [0.2, 0.25) is 0 Å². The summed E-state index contributed by atoms with van der Waals surface area (Å²) in [6, 6.07) is 0. The van der Waals surface area contributed by atoms with Crippen LogP contribution in [-0.4, -0.2) is 148 Å². The van der Waals surface area contributed by atoms with Crippen LogP contribution in [0, 0.1) is 5.92 Å². The van der Waals surface area contributed by atoms with Crippen LogP contribution in [0.5, 0.6) is 0 Å². The molecule has 194 valence electrons. The number of Topliss-reactive ketones (excluding diaryl/α,β-unsaturated/α-hetero) is 1. The minimum Gasteiger partial charge on any atom is -0.481 e. The van der Waals surface area contributed by atoms with Crippen LogP contribution in [0.25, 0.3) is 0 Å². The zero-order valence-electron chi connectivity index (χ0n) is 19.6. The number of aliphatic carboxylic acids is 4. The van der Waals surface area contributed by atoms with E-state index in [0.29, 0.717) is 32.6 Å². The predicted molar refractivity (Wildman–Crippen MR) is 120 cm³/mol. The second-order valence-electron chi connectivity index (χ2n) is 8.47. The van der Waals surface area contributed by atoms with Crippen LogP contribution >= 0.6 is 0 Å². The van der Waals surface area contributed by atoms with Gasteiger partial charge in [-0.3, -0.25) is 43.6 Å². The number of carboxylic acids is 4. The summed E-state index contributed by atoms with van der Waals surface area (Å²) in [5, 5.41) is 36.9. The van der Waals surface area contributed by atoms with Crippen molar-refractivity contribution in [3.8, 4) is 0 Å². The fourth-order valence-corrected chi connectivity index (χ4v) is 3.78. The molecule has 0 spiro atoms. The van der Waals surface area contributed by atoms with Gasteiger partial charge in [-0.05, 0) is 6.42 Å². The molecule has 1 heterocycles. The summed E-state index contributed by atoms with van der Waals surface area (Å²) >= 11 is 0. The summed E-state index contributed by atoms with van der Waals surface area (Å²) in [6.45, 7) is 3.35. The van der Waals surface area contributed by atoms with E-state index in [1.807, 2.05) is 0 Å². The number of ketones is 1. The fourth-order valence-electron chi connectivity index (χ4n) is 3.78. The second-order valence-corrected chi connectivity index (χ2v) is 8.47. The topological polar surface area (TPSA) is 179 Å². The molecule has 34 heavy (non-hydrogen) atoms. The molecule has 4 N–H and O–H groups in total. The first kappa shape index (κ1) is 29.4. The lowest BCUT2D eigenvalue weighted by Crippen LogP contribution is -2.49. The summed E-state index contributed by atoms with van der Waals surface area (Å²) in [7, 11) is 0. The maximum absolute atomic E-state index is 12.5. The Balaban J connectivity index is 2.97. The molecule has 0 aromatic carbocycles. The molecule has 1 aliphatic heterocycles. The van der Waals surface area contributed by atoms with Gasteiger partial charge >= 0.3 is 23.9 Å². The third-order valence-electron chi connectivity index (χ3n) is 5.72. The third-order valence-corrected chi connectivity index (χ3v) is 5.72. The number of rotatable bonds is 12. The average molecular weight is 489 g/mol. The average Bonchev–Trinajstić information content (AvgIpc) is 2.72. The normalized spacial score (nSPS) is 19.0. The second kappa shape index (κ2) is 15.3. The van der Waals surface area contributed by atoms with Crippen LogP contribution in [0.3, 0.4) is 0 Å². The molecule has 0 bridgehead atoms. The quantitative estimate of drug-likeness (QED) is 0.250. The molecule has 1 fully saturated rings. The van der Waals surface area contributed by atoms with Gasteiger partial charge in [0, 0.05) is 58.8 Å². The molecule has 1 saturated heterocycles. The number of hydrogen-bond donors (Lipinski definition) is 4. The summed E-state index contributed by atoms with van der Waals surface area (Å²) in [6.07, 6.45) is 0.219. The van der Waals surface area contributed by atoms with E-state index in [9.17, 15) is 44.4 Å². The van der Waals surface area contributed by atoms with Crippen molar-refractivity contribution >= 4 is 29.7 Å². The Morgan fingerprint density at radius 2 is 0.882 bits per heavy atom. The third kappa shape index (κ3) is 12.6. The van der Waals surface area contributed by atoms with Gasteiger partial charge in [-0.25, -0.2) is 0 Å². The molecule has 1 aliphatic rings. The number of carbonyl (C=O) groups excluding carboxylic acids is 1. The van der Waals surface area contributed by atoms with Crippen LogP contribution < -0.4 is 0 Å². The zero-order valence-corrected chi connectivity index (χ0v) is 19.6. The Morgan fingerprint density at radius 1 is 0.588 bits per heavy atom. The molecule has 0 amide bonds. The summed E-state index contributed by atoms with van der Waals surface area (Å²) < 4.78 is 0. The molecule has 1 rings (SSSR count). The van der Waals surface area contributed by atoms with Crippen molar-refractivity contribution < 1.29 is 44.4 Å². The van der Waals surface area contributed by atoms with Crippen molar-refractivity contribution in [1.82, 2.24) is 19.6 Å². The lowest BCUT2D eigenvalue weighted by atomic mass is 10.00. The highest BCUT2D eigenvalue weighted by molar-refractivity contribution is 5.85. The predicted octanol–water partition coefficient (Wildman–Crippen LogP) is -1.47. The summed E-state index contributed by atoms with van der Waals surface area (Å²) in [5.74, 6) is -5.14. The van der Waals surface area contributed by atoms with Gasteiger partial charge in [-0.2, -0.15) is 0 Å². The molecule has 13 nitrogen and oxygen atoms in total. The highest BCUT2D eigenvalue weighted by atomic mass is 16.4. The van der Waals surface area contributed by atoms with Crippen LogP contribution in [0.4, 0.5) is 0 Å². The Hall–Kier alpha value is -2.61. The lowest BCUT2D eigenvalue weighted by Gasteiger charge is -2.33. The van der Waals surface area contributed by atoms with E-state index >= 15 is 0 Å². The fraction of sp³-hybridized carbons (Fsp3) is 0.762. The van der Waals surface area contributed by atoms with Gasteiger partial charge < -0.3 is 20.4 Å². The standard InChI is InChI=1S/C21H36N4O9/c1-2-16(21(33)34)11-17(26)12-22-3-5-23(13-18(27)28)7-9-25(15-20(31)32)10-8-24(6-4-22)14-19(29)30/h16H,2-15H2,1H3,(H,27,28)(H,29,30)(H,31,32)(H,33,34). The van der Waals surface area contributed by atoms with E-state index in [1.165, 1.54) is 0 Å². The molecule has 1 atom stereocenters. The summed E-state index contributed by atoms with van der Waals surface area (Å²) in [4.78, 5) is 64.4. The maximum Gasteiger partial charge on any atom is 0.317 e. The van der Waals surface area contributed by atoms with Crippen LogP contribution in [0.15, 0.2) is 0 Å². The molecule has 0 aliphatic carbocycles. The van der Waals surface area contributed by atoms with Crippen molar-refractivity contribution in [2.24, 2.45) is 5.92 Å². The van der Waals surface area contributed by atoms with Crippen molar-refractivity contribution in [1.29, 1.82) is 0 Å². The van der Waals surface area contributed by atoms with Gasteiger partial charge in [-0.1, -0.05) is 6.92 Å². The summed E-state index contributed by atoms with van der Waals surface area (Å²) in [5.41, 5.74) is 0. The molecule has 0 radical (unpaired) electrons. The monoisotopic (exact) mass is 488 g/mol. The molecule has 13 heteroatoms. The van der Waals surface area contributed by atoms with E-state index in [-0.39, 0.29) is 64.6 Å². The maximum atomic E-state index is 12.5. The van der Waals surface area contributed by atoms with Crippen molar-refractivity contribution in [3.63, 3.8) is 0 Å². The largest absolute Gasteiger partial charge is 0.481 e. The molecule has 0 aromatic heterocycles. The first-order chi connectivity index (χ1) is 16.0. The van der Waals surface area contributed by atoms with Gasteiger partial charge in [0.25, 0.3) is 0 Å². The Morgan fingerprint density at radius 3 is 1.12 bits per heavy atom. The Kier molecular flexibility index (Phi) is 13.3. The van der Waals surface area contributed by atoms with Gasteiger partial charge in [0.1, 0.15) is 5.78 Å². The minimum absolute atomic E-state index is 0.0171. The van der Waals surface area contributed by atoms with Crippen molar-refractivity contribution in [3.05, 3.63) is 0 Å². The minimum atomic E-state index is -1.03. The van der Waals surface area contributed by atoms with Gasteiger partial charge in [-0.15, -0.1) is 0 Å². The van der Waals surface area contributed by atoms with E-state index < -0.39 is 29.8 Å².